The van der Waals surface area contributed by atoms with Crippen LogP contribution in [0.15, 0.2) is 33.5 Å². The van der Waals surface area contributed by atoms with Crippen molar-refractivity contribution in [2.75, 3.05) is 0 Å². The minimum absolute atomic E-state index is 0.0464. The van der Waals surface area contributed by atoms with E-state index in [-0.39, 0.29) is 23.3 Å². The molecule has 3 N–H and O–H groups in total. The van der Waals surface area contributed by atoms with Crippen LogP contribution in [0.25, 0.3) is 11.0 Å². The summed E-state index contributed by atoms with van der Waals surface area (Å²) in [5.74, 6) is 0.318. The van der Waals surface area contributed by atoms with E-state index in [9.17, 15) is 9.90 Å². The lowest BCUT2D eigenvalue weighted by molar-refractivity contribution is 0.454. The van der Waals surface area contributed by atoms with Gasteiger partial charge in [-0.15, -0.1) is 0 Å². The second-order valence-corrected chi connectivity index (χ2v) is 2.93. The lowest BCUT2D eigenvalue weighted by atomic mass is 10.2. The van der Waals surface area contributed by atoms with Crippen LogP contribution in [0.5, 0.6) is 5.75 Å². The second-order valence-electron chi connectivity index (χ2n) is 2.93. The Bertz CT molecular complexity index is 530. The first-order chi connectivity index (χ1) is 6.72. The summed E-state index contributed by atoms with van der Waals surface area (Å²) in [6, 6.07) is 5.99. The van der Waals surface area contributed by atoms with E-state index in [2.05, 4.69) is 0 Å². The van der Waals surface area contributed by atoms with Gasteiger partial charge in [0.15, 0.2) is 16.8 Å². The minimum Gasteiger partial charge on any atom is -0.504 e. The Balaban J connectivity index is 2.91. The number of phenolic OH excluding ortho intramolecular Hbond substituents is 1. The van der Waals surface area contributed by atoms with Crippen LogP contribution >= 0.6 is 0 Å². The van der Waals surface area contributed by atoms with Crippen molar-refractivity contribution in [1.82, 2.24) is 0 Å². The van der Waals surface area contributed by atoms with Crippen LogP contribution in [0.3, 0.4) is 0 Å². The lowest BCUT2D eigenvalue weighted by Gasteiger charge is -2.01. The molecular formula is C10H9NO3. The van der Waals surface area contributed by atoms with Gasteiger partial charge in [-0.1, -0.05) is 6.07 Å². The Hall–Kier alpha value is -1.81. The minimum atomic E-state index is -0.192. The van der Waals surface area contributed by atoms with Crippen LogP contribution in [0.1, 0.15) is 5.76 Å². The van der Waals surface area contributed by atoms with Crippen LogP contribution in [0, 0.1) is 0 Å². The average molecular weight is 191 g/mol. The zero-order valence-electron chi connectivity index (χ0n) is 7.36. The van der Waals surface area contributed by atoms with E-state index in [4.69, 9.17) is 10.2 Å². The van der Waals surface area contributed by atoms with E-state index in [1.807, 2.05) is 0 Å². The van der Waals surface area contributed by atoms with Gasteiger partial charge in [-0.2, -0.15) is 0 Å². The van der Waals surface area contributed by atoms with Gasteiger partial charge in [0.1, 0.15) is 5.76 Å². The van der Waals surface area contributed by atoms with Crippen LogP contribution in [0.2, 0.25) is 0 Å². The van der Waals surface area contributed by atoms with Crippen LogP contribution in [0.4, 0.5) is 0 Å². The van der Waals surface area contributed by atoms with Crippen LogP contribution in [-0.2, 0) is 6.54 Å². The zero-order valence-corrected chi connectivity index (χ0v) is 7.36. The number of hydrogen-bond donors (Lipinski definition) is 2. The third-order valence-electron chi connectivity index (χ3n) is 1.99. The molecule has 0 saturated heterocycles. The molecular weight excluding hydrogens is 182 g/mol. The molecule has 0 amide bonds. The predicted molar refractivity (Wildman–Crippen MR) is 52.0 cm³/mol. The normalized spacial score (nSPS) is 10.6. The Morgan fingerprint density at radius 1 is 1.43 bits per heavy atom. The standard InChI is InChI=1S/C10H9NO3/c11-5-6-4-9(13)7-2-1-3-8(12)10(7)14-6/h1-4,12H,5,11H2. The molecule has 0 spiro atoms. The average Bonchev–Trinajstić information content (AvgIpc) is 2.19. The van der Waals surface area contributed by atoms with Crippen molar-refractivity contribution in [3.63, 3.8) is 0 Å². The molecule has 1 heterocycles. The van der Waals surface area contributed by atoms with Crippen LogP contribution < -0.4 is 11.2 Å². The molecule has 2 aromatic rings. The number of aromatic hydroxyl groups is 1. The molecule has 0 saturated carbocycles. The highest BCUT2D eigenvalue weighted by atomic mass is 16.4. The molecule has 4 nitrogen and oxygen atoms in total. The van der Waals surface area contributed by atoms with E-state index in [0.29, 0.717) is 11.1 Å². The number of fused-ring (bicyclic) bond motifs is 1. The number of benzene rings is 1. The van der Waals surface area contributed by atoms with Crippen molar-refractivity contribution in [2.24, 2.45) is 5.73 Å². The number of phenols is 1. The highest BCUT2D eigenvalue weighted by molar-refractivity contribution is 5.81. The van der Waals surface area contributed by atoms with Gasteiger partial charge in [-0.25, -0.2) is 0 Å². The molecule has 0 atom stereocenters. The first-order valence-electron chi connectivity index (χ1n) is 4.17. The molecule has 14 heavy (non-hydrogen) atoms. The smallest absolute Gasteiger partial charge is 0.193 e. The monoisotopic (exact) mass is 191 g/mol. The van der Waals surface area contributed by atoms with Gasteiger partial charge >= 0.3 is 0 Å². The molecule has 1 aromatic carbocycles. The molecule has 0 unspecified atom stereocenters. The molecule has 72 valence electrons. The summed E-state index contributed by atoms with van der Waals surface area (Å²) < 4.78 is 5.25. The highest BCUT2D eigenvalue weighted by Crippen LogP contribution is 2.22. The van der Waals surface area contributed by atoms with E-state index in [0.717, 1.165) is 0 Å². The Morgan fingerprint density at radius 3 is 2.93 bits per heavy atom. The second kappa shape index (κ2) is 3.16. The summed E-state index contributed by atoms with van der Waals surface area (Å²) in [5.41, 5.74) is 5.35. The van der Waals surface area contributed by atoms with E-state index in [1.165, 1.54) is 12.1 Å². The fourth-order valence-electron chi connectivity index (χ4n) is 1.31. The summed E-state index contributed by atoms with van der Waals surface area (Å²) in [5, 5.41) is 9.81. The van der Waals surface area contributed by atoms with Crippen molar-refractivity contribution in [2.45, 2.75) is 6.54 Å². The van der Waals surface area contributed by atoms with Gasteiger partial charge < -0.3 is 15.3 Å². The maximum atomic E-state index is 11.5. The Kier molecular flexibility index (Phi) is 1.98. The summed E-state index contributed by atoms with van der Waals surface area (Å²) in [6.45, 7) is 0.138. The van der Waals surface area contributed by atoms with Gasteiger partial charge in [0.25, 0.3) is 0 Å². The van der Waals surface area contributed by atoms with Gasteiger partial charge in [0, 0.05) is 6.07 Å². The number of rotatable bonds is 1. The molecule has 0 bridgehead atoms. The van der Waals surface area contributed by atoms with Gasteiger partial charge in [0.2, 0.25) is 0 Å². The summed E-state index contributed by atoms with van der Waals surface area (Å²) in [6.07, 6.45) is 0. The molecule has 0 aliphatic rings. The van der Waals surface area contributed by atoms with Crippen molar-refractivity contribution < 1.29 is 9.52 Å². The molecule has 0 fully saturated rings. The number of nitrogens with two attached hydrogens (primary N) is 1. The fourth-order valence-corrected chi connectivity index (χ4v) is 1.31. The third kappa shape index (κ3) is 1.25. The molecule has 1 aromatic heterocycles. The maximum Gasteiger partial charge on any atom is 0.193 e. The molecule has 0 aliphatic heterocycles. The van der Waals surface area contributed by atoms with Gasteiger partial charge in [-0.3, -0.25) is 4.79 Å². The first-order valence-corrected chi connectivity index (χ1v) is 4.17. The third-order valence-corrected chi connectivity index (χ3v) is 1.99. The molecule has 0 radical (unpaired) electrons. The highest BCUT2D eigenvalue weighted by Gasteiger charge is 2.06. The van der Waals surface area contributed by atoms with Gasteiger partial charge in [-0.05, 0) is 12.1 Å². The molecule has 0 aliphatic carbocycles. The molecule has 4 heteroatoms. The zero-order chi connectivity index (χ0) is 10.1. The van der Waals surface area contributed by atoms with E-state index >= 15 is 0 Å². The largest absolute Gasteiger partial charge is 0.504 e. The maximum absolute atomic E-state index is 11.5. The Labute approximate surface area is 79.6 Å². The summed E-state index contributed by atoms with van der Waals surface area (Å²) in [7, 11) is 0. The lowest BCUT2D eigenvalue weighted by Crippen LogP contribution is -2.05. The SMILES string of the molecule is NCc1cc(=O)c2cccc(O)c2o1. The molecule has 2 rings (SSSR count). The fraction of sp³-hybridized carbons (Fsp3) is 0.100. The summed E-state index contributed by atoms with van der Waals surface area (Å²) >= 11 is 0. The quantitative estimate of drug-likeness (QED) is 0.703. The summed E-state index contributed by atoms with van der Waals surface area (Å²) in [4.78, 5) is 11.5. The van der Waals surface area contributed by atoms with Crippen molar-refractivity contribution >= 4 is 11.0 Å². The van der Waals surface area contributed by atoms with E-state index in [1.54, 1.807) is 12.1 Å². The Morgan fingerprint density at radius 2 is 2.21 bits per heavy atom. The topological polar surface area (TPSA) is 76.5 Å². The number of hydrogen-bond acceptors (Lipinski definition) is 4. The number of para-hydroxylation sites is 1. The first kappa shape index (κ1) is 8.77. The predicted octanol–water partition coefficient (Wildman–Crippen LogP) is 0.957. The van der Waals surface area contributed by atoms with Crippen molar-refractivity contribution in [3.8, 4) is 5.75 Å². The van der Waals surface area contributed by atoms with Crippen molar-refractivity contribution in [3.05, 3.63) is 40.2 Å². The van der Waals surface area contributed by atoms with Crippen LogP contribution in [-0.4, -0.2) is 5.11 Å². The van der Waals surface area contributed by atoms with Gasteiger partial charge in [0.05, 0.1) is 11.9 Å². The van der Waals surface area contributed by atoms with E-state index < -0.39 is 0 Å². The van der Waals surface area contributed by atoms with Crippen molar-refractivity contribution in [1.29, 1.82) is 0 Å².